The number of ether oxygens (including phenoxy) is 3. The van der Waals surface area contributed by atoms with Crippen molar-refractivity contribution in [2.75, 3.05) is 6.61 Å². The van der Waals surface area contributed by atoms with Crippen molar-refractivity contribution < 1.29 is 32.5 Å². The molecule has 1 unspecified atom stereocenters. The molecule has 0 radical (unpaired) electrons. The van der Waals surface area contributed by atoms with Crippen LogP contribution in [0, 0.1) is 5.41 Å². The van der Waals surface area contributed by atoms with Crippen LogP contribution in [0.5, 0.6) is 0 Å². The number of aliphatic hydroxyl groups excluding tert-OH is 1. The molecule has 1 aliphatic rings. The third-order valence-electron chi connectivity index (χ3n) is 4.02. The number of hydrogen-bond donors (Lipinski definition) is 1. The van der Waals surface area contributed by atoms with Crippen molar-refractivity contribution in [3.8, 4) is 0 Å². The van der Waals surface area contributed by atoms with Crippen molar-refractivity contribution >= 4 is 0 Å². The van der Waals surface area contributed by atoms with E-state index in [2.05, 4.69) is 0 Å². The molecule has 0 bridgehead atoms. The van der Waals surface area contributed by atoms with E-state index in [9.17, 15) is 18.3 Å². The molecule has 0 aromatic heterocycles. The maximum atomic E-state index is 13.1. The van der Waals surface area contributed by atoms with Gasteiger partial charge in [0, 0.05) is 5.41 Å². The molecule has 142 valence electrons. The predicted octanol–water partition coefficient (Wildman–Crippen LogP) is 3.76. The molecule has 1 N–H and O–H groups in total. The van der Waals surface area contributed by atoms with E-state index in [-0.39, 0.29) is 24.2 Å². The van der Waals surface area contributed by atoms with E-state index in [1.165, 1.54) is 18.2 Å². The van der Waals surface area contributed by atoms with Gasteiger partial charge in [0.25, 0.3) is 0 Å². The predicted molar refractivity (Wildman–Crippen MR) is 85.8 cm³/mol. The normalized spacial score (nSPS) is 26.5. The standard InChI is InChI=1S/C18H25F3O4/c1-11(22)15-14(10-24-16(25-15)17(2,3)4)23-9-12-7-5-6-8-13(12)18(19,20)21/h5-8,11,14-16,22H,9-10H2,1-4H3/t11?,14-,15-,16+/m1/s1. The van der Waals surface area contributed by atoms with Gasteiger partial charge < -0.3 is 19.3 Å². The van der Waals surface area contributed by atoms with Crippen LogP contribution in [0.25, 0.3) is 0 Å². The molecular formula is C18H25F3O4. The Bertz CT molecular complexity index is 566. The fourth-order valence-electron chi connectivity index (χ4n) is 2.69. The van der Waals surface area contributed by atoms with Crippen LogP contribution in [0.15, 0.2) is 24.3 Å². The molecule has 0 saturated carbocycles. The summed E-state index contributed by atoms with van der Waals surface area (Å²) in [5.74, 6) is 0. The second kappa shape index (κ2) is 7.61. The van der Waals surface area contributed by atoms with Crippen molar-refractivity contribution in [2.45, 2.75) is 65.1 Å². The molecule has 2 rings (SSSR count). The first kappa shape index (κ1) is 20.2. The van der Waals surface area contributed by atoms with E-state index in [0.29, 0.717) is 0 Å². The molecule has 0 aliphatic carbocycles. The smallest absolute Gasteiger partial charge is 0.391 e. The van der Waals surface area contributed by atoms with Gasteiger partial charge in [0.1, 0.15) is 12.2 Å². The van der Waals surface area contributed by atoms with Gasteiger partial charge >= 0.3 is 6.18 Å². The van der Waals surface area contributed by atoms with Gasteiger partial charge in [-0.1, -0.05) is 39.0 Å². The molecule has 1 aromatic carbocycles. The average molecular weight is 362 g/mol. The summed E-state index contributed by atoms with van der Waals surface area (Å²) >= 11 is 0. The monoisotopic (exact) mass is 362 g/mol. The minimum Gasteiger partial charge on any atom is -0.391 e. The molecule has 4 atom stereocenters. The summed E-state index contributed by atoms with van der Waals surface area (Å²) in [6.07, 6.45) is -7.12. The molecule has 1 aromatic rings. The Morgan fingerprint density at radius 1 is 1.24 bits per heavy atom. The van der Waals surface area contributed by atoms with Crippen molar-refractivity contribution in [2.24, 2.45) is 5.41 Å². The van der Waals surface area contributed by atoms with Crippen LogP contribution >= 0.6 is 0 Å². The lowest BCUT2D eigenvalue weighted by atomic mass is 9.94. The largest absolute Gasteiger partial charge is 0.416 e. The number of alkyl halides is 3. The molecule has 7 heteroatoms. The molecule has 25 heavy (non-hydrogen) atoms. The maximum absolute atomic E-state index is 13.1. The molecular weight excluding hydrogens is 337 g/mol. The Labute approximate surface area is 145 Å². The first-order chi connectivity index (χ1) is 11.5. The minimum absolute atomic E-state index is 0.0392. The van der Waals surface area contributed by atoms with E-state index in [1.807, 2.05) is 20.8 Å². The lowest BCUT2D eigenvalue weighted by molar-refractivity contribution is -0.306. The quantitative estimate of drug-likeness (QED) is 0.886. The van der Waals surface area contributed by atoms with Crippen LogP contribution in [0.3, 0.4) is 0 Å². The highest BCUT2D eigenvalue weighted by atomic mass is 19.4. The van der Waals surface area contributed by atoms with Crippen LogP contribution in [-0.2, 0) is 27.0 Å². The summed E-state index contributed by atoms with van der Waals surface area (Å²) in [6.45, 7) is 7.30. The third kappa shape index (κ3) is 5.17. The number of hydrogen-bond acceptors (Lipinski definition) is 4. The van der Waals surface area contributed by atoms with Gasteiger partial charge in [0.05, 0.1) is 24.9 Å². The first-order valence-corrected chi connectivity index (χ1v) is 8.22. The van der Waals surface area contributed by atoms with Gasteiger partial charge in [0.15, 0.2) is 6.29 Å². The Morgan fingerprint density at radius 2 is 1.88 bits per heavy atom. The summed E-state index contributed by atoms with van der Waals surface area (Å²) < 4.78 is 56.2. The van der Waals surface area contributed by atoms with E-state index in [0.717, 1.165) is 6.07 Å². The Balaban J connectivity index is 2.08. The van der Waals surface area contributed by atoms with Gasteiger partial charge in [-0.05, 0) is 18.6 Å². The summed E-state index contributed by atoms with van der Waals surface area (Å²) in [7, 11) is 0. The Kier molecular flexibility index (Phi) is 6.14. The molecule has 1 heterocycles. The fraction of sp³-hybridized carbons (Fsp3) is 0.667. The van der Waals surface area contributed by atoms with Gasteiger partial charge in [0.2, 0.25) is 0 Å². The van der Waals surface area contributed by atoms with E-state index < -0.39 is 36.3 Å². The van der Waals surface area contributed by atoms with Gasteiger partial charge in [-0.3, -0.25) is 0 Å². The molecule has 1 saturated heterocycles. The molecule has 1 fully saturated rings. The van der Waals surface area contributed by atoms with Crippen LogP contribution in [0.1, 0.15) is 38.8 Å². The van der Waals surface area contributed by atoms with Crippen LogP contribution in [0.4, 0.5) is 13.2 Å². The highest BCUT2D eigenvalue weighted by Gasteiger charge is 2.41. The lowest BCUT2D eigenvalue weighted by Crippen LogP contribution is -2.53. The molecule has 0 amide bonds. The second-order valence-corrected chi connectivity index (χ2v) is 7.38. The Morgan fingerprint density at radius 3 is 2.44 bits per heavy atom. The van der Waals surface area contributed by atoms with E-state index in [1.54, 1.807) is 6.92 Å². The van der Waals surface area contributed by atoms with Crippen molar-refractivity contribution in [1.82, 2.24) is 0 Å². The van der Waals surface area contributed by atoms with Crippen LogP contribution in [0.2, 0.25) is 0 Å². The third-order valence-corrected chi connectivity index (χ3v) is 4.02. The lowest BCUT2D eigenvalue weighted by Gasteiger charge is -2.42. The minimum atomic E-state index is -4.44. The van der Waals surface area contributed by atoms with Crippen molar-refractivity contribution in [3.05, 3.63) is 35.4 Å². The summed E-state index contributed by atoms with van der Waals surface area (Å²) in [5, 5.41) is 9.97. The Hall–Kier alpha value is -1.15. The average Bonchev–Trinajstić information content (AvgIpc) is 2.51. The van der Waals surface area contributed by atoms with Crippen molar-refractivity contribution in [3.63, 3.8) is 0 Å². The number of aliphatic hydroxyl groups is 1. The van der Waals surface area contributed by atoms with Gasteiger partial charge in [-0.25, -0.2) is 0 Å². The number of halogens is 3. The summed E-state index contributed by atoms with van der Waals surface area (Å²) in [5.41, 5.74) is -0.979. The van der Waals surface area contributed by atoms with Crippen LogP contribution in [-0.4, -0.2) is 36.3 Å². The zero-order valence-corrected chi connectivity index (χ0v) is 14.8. The van der Waals surface area contributed by atoms with E-state index in [4.69, 9.17) is 14.2 Å². The highest BCUT2D eigenvalue weighted by Crippen LogP contribution is 2.34. The fourth-order valence-corrected chi connectivity index (χ4v) is 2.69. The van der Waals surface area contributed by atoms with Crippen LogP contribution < -0.4 is 0 Å². The van der Waals surface area contributed by atoms with Gasteiger partial charge in [-0.2, -0.15) is 13.2 Å². The maximum Gasteiger partial charge on any atom is 0.416 e. The second-order valence-electron chi connectivity index (χ2n) is 7.38. The van der Waals surface area contributed by atoms with Gasteiger partial charge in [-0.15, -0.1) is 0 Å². The number of rotatable bonds is 4. The summed E-state index contributed by atoms with van der Waals surface area (Å²) in [4.78, 5) is 0. The highest BCUT2D eigenvalue weighted by molar-refractivity contribution is 5.29. The van der Waals surface area contributed by atoms with E-state index >= 15 is 0 Å². The topological polar surface area (TPSA) is 47.9 Å². The molecule has 1 aliphatic heterocycles. The summed E-state index contributed by atoms with van der Waals surface area (Å²) in [6, 6.07) is 5.27. The SMILES string of the molecule is CC(O)[C@H]1O[C@@H](C(C)(C)C)OC[C@H]1OCc1ccccc1C(F)(F)F. The zero-order chi connectivity index (χ0) is 18.8. The molecule has 0 spiro atoms. The number of benzene rings is 1. The molecule has 4 nitrogen and oxygen atoms in total. The van der Waals surface area contributed by atoms with Crippen molar-refractivity contribution in [1.29, 1.82) is 0 Å². The zero-order valence-electron chi connectivity index (χ0n) is 14.8. The first-order valence-electron chi connectivity index (χ1n) is 8.22.